The van der Waals surface area contributed by atoms with Crippen LogP contribution in [-0.2, 0) is 22.6 Å². The molecule has 2 heterocycles. The maximum atomic E-state index is 12.6. The van der Waals surface area contributed by atoms with Gasteiger partial charge in [0.2, 0.25) is 5.91 Å². The Morgan fingerprint density at radius 3 is 2.56 bits per heavy atom. The highest BCUT2D eigenvalue weighted by Crippen LogP contribution is 2.33. The Morgan fingerprint density at radius 1 is 1.24 bits per heavy atom. The van der Waals surface area contributed by atoms with E-state index >= 15 is 0 Å². The molecule has 7 heteroatoms. The summed E-state index contributed by atoms with van der Waals surface area (Å²) in [6.45, 7) is 3.34. The van der Waals surface area contributed by atoms with Crippen molar-refractivity contribution in [2.24, 2.45) is 5.92 Å². The maximum absolute atomic E-state index is 12.6. The van der Waals surface area contributed by atoms with E-state index in [-0.39, 0.29) is 24.8 Å². The van der Waals surface area contributed by atoms with Crippen LogP contribution in [0.25, 0.3) is 0 Å². The van der Waals surface area contributed by atoms with Crippen LogP contribution in [-0.4, -0.2) is 44.8 Å². The van der Waals surface area contributed by atoms with Crippen molar-refractivity contribution < 1.29 is 14.7 Å². The quantitative estimate of drug-likeness (QED) is 0.887. The molecule has 6 nitrogen and oxygen atoms in total. The Hall–Kier alpha value is -2.34. The Kier molecular flexibility index (Phi) is 5.08. The molecule has 1 saturated heterocycles. The number of benzene rings is 1. The van der Waals surface area contributed by atoms with Crippen LogP contribution in [0.4, 0.5) is 0 Å². The lowest BCUT2D eigenvalue weighted by Crippen LogP contribution is -2.31. The second kappa shape index (κ2) is 7.27. The normalized spacial score (nSPS) is 20.0. The van der Waals surface area contributed by atoms with Gasteiger partial charge in [0.15, 0.2) is 0 Å². The first-order chi connectivity index (χ1) is 12.0. The van der Waals surface area contributed by atoms with E-state index in [9.17, 15) is 14.7 Å². The fraction of sp³-hybridized carbons (Fsp3) is 0.389. The predicted octanol–water partition coefficient (Wildman–Crippen LogP) is 2.43. The number of halogens is 1. The third-order valence-electron chi connectivity index (χ3n) is 4.64. The van der Waals surface area contributed by atoms with E-state index in [4.69, 9.17) is 11.6 Å². The van der Waals surface area contributed by atoms with E-state index in [2.05, 4.69) is 5.10 Å². The summed E-state index contributed by atoms with van der Waals surface area (Å²) in [5.41, 5.74) is 1.59. The number of carbonyl (C=O) groups is 2. The summed E-state index contributed by atoms with van der Waals surface area (Å²) < 4.78 is 1.77. The first-order valence-corrected chi connectivity index (χ1v) is 8.64. The van der Waals surface area contributed by atoms with E-state index < -0.39 is 11.9 Å². The number of likely N-dealkylation sites (tertiary alicyclic amines) is 1. The smallest absolute Gasteiger partial charge is 0.308 e. The van der Waals surface area contributed by atoms with Crippen LogP contribution in [0.5, 0.6) is 0 Å². The molecule has 0 aliphatic carbocycles. The molecule has 132 valence electrons. The fourth-order valence-electron chi connectivity index (χ4n) is 3.25. The molecule has 0 unspecified atom stereocenters. The Bertz CT molecular complexity index is 772. The van der Waals surface area contributed by atoms with Crippen molar-refractivity contribution in [2.75, 3.05) is 13.1 Å². The van der Waals surface area contributed by atoms with Crippen molar-refractivity contribution in [1.29, 1.82) is 0 Å². The molecule has 1 aromatic heterocycles. The minimum absolute atomic E-state index is 0.0935. The van der Waals surface area contributed by atoms with Crippen LogP contribution in [0.3, 0.4) is 0 Å². The number of carboxylic acids is 1. The summed E-state index contributed by atoms with van der Waals surface area (Å²) in [6, 6.07) is 8.98. The molecule has 2 atom stereocenters. The zero-order valence-electron chi connectivity index (χ0n) is 13.9. The van der Waals surface area contributed by atoms with Gasteiger partial charge in [0, 0.05) is 36.8 Å². The summed E-state index contributed by atoms with van der Waals surface area (Å²) in [5.74, 6) is -1.82. The number of carbonyl (C=O) groups excluding carboxylic acids is 1. The number of carboxylic acid groups (broad SMARTS) is 1. The summed E-state index contributed by atoms with van der Waals surface area (Å²) in [5, 5.41) is 14.5. The first-order valence-electron chi connectivity index (χ1n) is 8.26. The zero-order valence-corrected chi connectivity index (χ0v) is 14.7. The molecular formula is C18H20ClN3O3. The molecule has 1 aliphatic rings. The van der Waals surface area contributed by atoms with Crippen molar-refractivity contribution in [2.45, 2.75) is 25.8 Å². The van der Waals surface area contributed by atoms with Gasteiger partial charge >= 0.3 is 5.97 Å². The topological polar surface area (TPSA) is 75.4 Å². The van der Waals surface area contributed by atoms with Gasteiger partial charge in [-0.3, -0.25) is 14.3 Å². The largest absolute Gasteiger partial charge is 0.481 e. The highest BCUT2D eigenvalue weighted by atomic mass is 35.5. The molecule has 3 rings (SSSR count). The average molecular weight is 362 g/mol. The van der Waals surface area contributed by atoms with Crippen LogP contribution >= 0.6 is 11.6 Å². The van der Waals surface area contributed by atoms with E-state index in [0.717, 1.165) is 12.1 Å². The standard InChI is InChI=1S/C18H20ClN3O3/c1-2-22-8-7-14(20-22)9-17(23)21-10-15(16(11-21)18(24)25)12-3-5-13(19)6-4-12/h3-8,15-16H,2,9-11H2,1H3,(H,24,25)/t15-,16+/m0/s1. The molecular weight excluding hydrogens is 342 g/mol. The van der Waals surface area contributed by atoms with Crippen molar-refractivity contribution in [1.82, 2.24) is 14.7 Å². The zero-order chi connectivity index (χ0) is 18.0. The van der Waals surface area contributed by atoms with Gasteiger partial charge in [-0.15, -0.1) is 0 Å². The number of amides is 1. The predicted molar refractivity (Wildman–Crippen MR) is 93.5 cm³/mol. The molecule has 1 N–H and O–H groups in total. The first kappa shape index (κ1) is 17.5. The van der Waals surface area contributed by atoms with Crippen LogP contribution < -0.4 is 0 Å². The number of aliphatic carboxylic acids is 1. The van der Waals surface area contributed by atoms with Gasteiger partial charge in [-0.1, -0.05) is 23.7 Å². The van der Waals surface area contributed by atoms with Gasteiger partial charge in [0.1, 0.15) is 0 Å². The number of nitrogens with zero attached hydrogens (tertiary/aromatic N) is 3. The average Bonchev–Trinajstić information content (AvgIpc) is 3.22. The lowest BCUT2D eigenvalue weighted by Gasteiger charge is -2.16. The monoisotopic (exact) mass is 361 g/mol. The molecule has 1 fully saturated rings. The minimum Gasteiger partial charge on any atom is -0.481 e. The molecule has 1 amide bonds. The van der Waals surface area contributed by atoms with Crippen LogP contribution in [0.15, 0.2) is 36.5 Å². The van der Waals surface area contributed by atoms with Crippen LogP contribution in [0.1, 0.15) is 24.1 Å². The number of aryl methyl sites for hydroxylation is 1. The summed E-state index contributed by atoms with van der Waals surface area (Å²) in [7, 11) is 0. The van der Waals surface area contributed by atoms with E-state index in [1.54, 1.807) is 21.7 Å². The minimum atomic E-state index is -0.884. The van der Waals surface area contributed by atoms with E-state index in [1.165, 1.54) is 0 Å². The van der Waals surface area contributed by atoms with E-state index in [0.29, 0.717) is 17.3 Å². The SMILES string of the molecule is CCn1ccc(CC(=O)N2C[C@@H](C(=O)O)[C@H](c3ccc(Cl)cc3)C2)n1. The van der Waals surface area contributed by atoms with Gasteiger partial charge in [0.25, 0.3) is 0 Å². The van der Waals surface area contributed by atoms with Gasteiger partial charge in [-0.05, 0) is 30.7 Å². The molecule has 2 aromatic rings. The van der Waals surface area contributed by atoms with Crippen molar-refractivity contribution in [3.05, 3.63) is 52.8 Å². The highest BCUT2D eigenvalue weighted by Gasteiger charge is 2.40. The van der Waals surface area contributed by atoms with Crippen LogP contribution in [0.2, 0.25) is 5.02 Å². The third-order valence-corrected chi connectivity index (χ3v) is 4.89. The molecule has 25 heavy (non-hydrogen) atoms. The van der Waals surface area contributed by atoms with Gasteiger partial charge in [-0.25, -0.2) is 0 Å². The summed E-state index contributed by atoms with van der Waals surface area (Å²) in [4.78, 5) is 25.8. The molecule has 0 bridgehead atoms. The lowest BCUT2D eigenvalue weighted by atomic mass is 9.89. The molecule has 0 saturated carbocycles. The molecule has 1 aromatic carbocycles. The van der Waals surface area contributed by atoms with Gasteiger partial charge < -0.3 is 10.0 Å². The Balaban J connectivity index is 1.73. The Labute approximate surface area is 151 Å². The summed E-state index contributed by atoms with van der Waals surface area (Å²) in [6.07, 6.45) is 2.02. The van der Waals surface area contributed by atoms with Crippen LogP contribution in [0, 0.1) is 5.92 Å². The molecule has 0 radical (unpaired) electrons. The van der Waals surface area contributed by atoms with Crippen molar-refractivity contribution >= 4 is 23.5 Å². The number of hydrogen-bond acceptors (Lipinski definition) is 3. The van der Waals surface area contributed by atoms with E-state index in [1.807, 2.05) is 31.3 Å². The summed E-state index contributed by atoms with van der Waals surface area (Å²) >= 11 is 5.91. The van der Waals surface area contributed by atoms with Crippen molar-refractivity contribution in [3.8, 4) is 0 Å². The lowest BCUT2D eigenvalue weighted by molar-refractivity contribution is -0.141. The van der Waals surface area contributed by atoms with Gasteiger partial charge in [0.05, 0.1) is 18.0 Å². The maximum Gasteiger partial charge on any atom is 0.308 e. The Morgan fingerprint density at radius 2 is 1.96 bits per heavy atom. The van der Waals surface area contributed by atoms with Crippen molar-refractivity contribution in [3.63, 3.8) is 0 Å². The van der Waals surface area contributed by atoms with Gasteiger partial charge in [-0.2, -0.15) is 5.10 Å². The third kappa shape index (κ3) is 3.85. The fourth-order valence-corrected chi connectivity index (χ4v) is 3.37. The second-order valence-corrected chi connectivity index (χ2v) is 6.68. The number of rotatable bonds is 5. The molecule has 1 aliphatic heterocycles. The highest BCUT2D eigenvalue weighted by molar-refractivity contribution is 6.30. The molecule has 0 spiro atoms. The number of hydrogen-bond donors (Lipinski definition) is 1. The second-order valence-electron chi connectivity index (χ2n) is 6.24. The number of aromatic nitrogens is 2.